The number of fused-ring (bicyclic) bond motifs is 3. The van der Waals surface area contributed by atoms with E-state index in [0.717, 1.165) is 74.7 Å². The summed E-state index contributed by atoms with van der Waals surface area (Å²) < 4.78 is 5.97. The lowest BCUT2D eigenvalue weighted by atomic mass is 9.96. The average molecular weight is 433 g/mol. The summed E-state index contributed by atoms with van der Waals surface area (Å²) in [6.07, 6.45) is 4.05. The Morgan fingerprint density at radius 3 is 2.31 bits per heavy atom. The van der Waals surface area contributed by atoms with Crippen LogP contribution in [0.3, 0.4) is 0 Å². The zero-order valence-corrected chi connectivity index (χ0v) is 18.9. The number of hydrogen-bond donors (Lipinski definition) is 0. The fourth-order valence-corrected chi connectivity index (χ4v) is 5.89. The second-order valence-electron chi connectivity index (χ2n) is 9.38. The molecule has 0 spiro atoms. The molecule has 2 atom stereocenters. The zero-order valence-electron chi connectivity index (χ0n) is 18.9. The van der Waals surface area contributed by atoms with Crippen molar-refractivity contribution >= 4 is 22.4 Å². The molecule has 3 aliphatic heterocycles. The van der Waals surface area contributed by atoms with Crippen LogP contribution in [-0.2, 0) is 9.53 Å². The van der Waals surface area contributed by atoms with Gasteiger partial charge in [0, 0.05) is 67.6 Å². The number of nitrogens with zero attached hydrogens (tertiary/aromatic N) is 4. The molecule has 32 heavy (non-hydrogen) atoms. The molecule has 2 aromatic carbocycles. The Morgan fingerprint density at radius 1 is 1.00 bits per heavy atom. The Bertz CT molecular complexity index is 1010. The standard InChI is InChI=1S/C26H32N4O2/c1-2-28-11-13-29(14-12-28)18-26(31)32-22-15-20-8-9-21(16-22)30(20)25-10-7-19(17-27)23-5-3-4-6-24(23)25/h3-7,10,20-22H,2,8-9,11-16,18H2,1H3. The van der Waals surface area contributed by atoms with Crippen LogP contribution in [0.15, 0.2) is 36.4 Å². The molecule has 3 heterocycles. The molecule has 0 N–H and O–H groups in total. The maximum atomic E-state index is 12.6. The summed E-state index contributed by atoms with van der Waals surface area (Å²) in [6, 6.07) is 15.3. The quantitative estimate of drug-likeness (QED) is 0.675. The van der Waals surface area contributed by atoms with E-state index in [4.69, 9.17) is 4.74 Å². The molecule has 0 radical (unpaired) electrons. The van der Waals surface area contributed by atoms with Crippen molar-refractivity contribution in [2.24, 2.45) is 0 Å². The van der Waals surface area contributed by atoms with Gasteiger partial charge in [-0.2, -0.15) is 5.26 Å². The number of likely N-dealkylation sites (N-methyl/N-ethyl adjacent to an activating group) is 1. The van der Waals surface area contributed by atoms with Gasteiger partial charge in [-0.3, -0.25) is 9.69 Å². The summed E-state index contributed by atoms with van der Waals surface area (Å²) in [5.74, 6) is -0.0726. The maximum Gasteiger partial charge on any atom is 0.320 e. The number of carbonyl (C=O) groups is 1. The summed E-state index contributed by atoms with van der Waals surface area (Å²) in [6.45, 7) is 7.62. The molecule has 6 heteroatoms. The van der Waals surface area contributed by atoms with Crippen LogP contribution in [-0.4, -0.2) is 73.2 Å². The van der Waals surface area contributed by atoms with Crippen LogP contribution in [0, 0.1) is 11.3 Å². The van der Waals surface area contributed by atoms with Crippen molar-refractivity contribution in [3.63, 3.8) is 0 Å². The fraction of sp³-hybridized carbons (Fsp3) is 0.538. The van der Waals surface area contributed by atoms with E-state index in [-0.39, 0.29) is 12.1 Å². The second kappa shape index (κ2) is 9.09. The van der Waals surface area contributed by atoms with Gasteiger partial charge in [0.2, 0.25) is 0 Å². The molecule has 3 fully saturated rings. The van der Waals surface area contributed by atoms with Gasteiger partial charge in [0.15, 0.2) is 0 Å². The summed E-state index contributed by atoms with van der Waals surface area (Å²) in [7, 11) is 0. The minimum absolute atomic E-state index is 0.0119. The van der Waals surface area contributed by atoms with Gasteiger partial charge in [-0.25, -0.2) is 0 Å². The SMILES string of the molecule is CCN1CCN(CC(=O)OC2CC3CCC(C2)N3c2ccc(C#N)c3ccccc23)CC1. The highest BCUT2D eigenvalue weighted by Gasteiger charge is 2.42. The van der Waals surface area contributed by atoms with Crippen LogP contribution in [0.2, 0.25) is 0 Å². The number of nitriles is 1. The average Bonchev–Trinajstić information content (AvgIpc) is 3.08. The van der Waals surface area contributed by atoms with Crippen LogP contribution >= 0.6 is 0 Å². The number of hydrogen-bond acceptors (Lipinski definition) is 6. The lowest BCUT2D eigenvalue weighted by Gasteiger charge is -2.41. The molecule has 0 saturated carbocycles. The van der Waals surface area contributed by atoms with Crippen molar-refractivity contribution in [1.29, 1.82) is 5.26 Å². The van der Waals surface area contributed by atoms with Gasteiger partial charge in [0.25, 0.3) is 0 Å². The first-order valence-electron chi connectivity index (χ1n) is 12.0. The van der Waals surface area contributed by atoms with E-state index in [2.05, 4.69) is 39.8 Å². The number of benzene rings is 2. The van der Waals surface area contributed by atoms with Gasteiger partial charge in [-0.15, -0.1) is 0 Å². The van der Waals surface area contributed by atoms with Gasteiger partial charge in [-0.1, -0.05) is 31.2 Å². The third-order valence-electron chi connectivity index (χ3n) is 7.55. The van der Waals surface area contributed by atoms with E-state index in [1.807, 2.05) is 24.3 Å². The zero-order chi connectivity index (χ0) is 22.1. The Morgan fingerprint density at radius 2 is 1.66 bits per heavy atom. The number of esters is 1. The van der Waals surface area contributed by atoms with E-state index in [0.29, 0.717) is 18.6 Å². The molecule has 2 bridgehead atoms. The first-order valence-corrected chi connectivity index (χ1v) is 12.0. The predicted octanol–water partition coefficient (Wildman–Crippen LogP) is 3.39. The van der Waals surface area contributed by atoms with Gasteiger partial charge < -0.3 is 14.5 Å². The summed E-state index contributed by atoms with van der Waals surface area (Å²) >= 11 is 0. The van der Waals surface area contributed by atoms with Gasteiger partial charge in [0.1, 0.15) is 6.10 Å². The lowest BCUT2D eigenvalue weighted by Crippen LogP contribution is -2.49. The largest absolute Gasteiger partial charge is 0.461 e. The molecule has 0 amide bonds. The summed E-state index contributed by atoms with van der Waals surface area (Å²) in [4.78, 5) is 19.8. The molecule has 0 aliphatic carbocycles. The van der Waals surface area contributed by atoms with E-state index in [1.54, 1.807) is 0 Å². The topological polar surface area (TPSA) is 59.8 Å². The van der Waals surface area contributed by atoms with Crippen molar-refractivity contribution in [3.05, 3.63) is 42.0 Å². The highest BCUT2D eigenvalue weighted by Crippen LogP contribution is 2.43. The Balaban J connectivity index is 1.24. The number of anilines is 1. The van der Waals surface area contributed by atoms with E-state index < -0.39 is 0 Å². The Hall–Kier alpha value is -2.62. The number of piperidine rings is 1. The van der Waals surface area contributed by atoms with Crippen molar-refractivity contribution in [3.8, 4) is 6.07 Å². The Kier molecular flexibility index (Phi) is 6.03. The van der Waals surface area contributed by atoms with E-state index in [9.17, 15) is 10.1 Å². The predicted molar refractivity (Wildman–Crippen MR) is 126 cm³/mol. The molecular formula is C26H32N4O2. The summed E-state index contributed by atoms with van der Waals surface area (Å²) in [5, 5.41) is 11.7. The molecule has 3 aliphatic rings. The van der Waals surface area contributed by atoms with Gasteiger partial charge in [0.05, 0.1) is 18.2 Å². The highest BCUT2D eigenvalue weighted by molar-refractivity contribution is 5.98. The molecule has 168 valence electrons. The summed E-state index contributed by atoms with van der Waals surface area (Å²) in [5.41, 5.74) is 1.94. The third kappa shape index (κ3) is 4.07. The number of rotatable bonds is 5. The van der Waals surface area contributed by atoms with Crippen LogP contribution in [0.5, 0.6) is 0 Å². The van der Waals surface area contributed by atoms with Crippen LogP contribution in [0.4, 0.5) is 5.69 Å². The van der Waals surface area contributed by atoms with Crippen molar-refractivity contribution in [2.45, 2.75) is 50.8 Å². The lowest BCUT2D eigenvalue weighted by molar-refractivity contribution is -0.152. The highest BCUT2D eigenvalue weighted by atomic mass is 16.5. The minimum Gasteiger partial charge on any atom is -0.461 e. The smallest absolute Gasteiger partial charge is 0.320 e. The van der Waals surface area contributed by atoms with Crippen LogP contribution in [0.25, 0.3) is 10.8 Å². The van der Waals surface area contributed by atoms with Gasteiger partial charge >= 0.3 is 5.97 Å². The first-order chi connectivity index (χ1) is 15.7. The molecule has 0 aromatic heterocycles. The fourth-order valence-electron chi connectivity index (χ4n) is 5.89. The number of ether oxygens (including phenoxy) is 1. The normalized spacial score (nSPS) is 26.2. The monoisotopic (exact) mass is 432 g/mol. The van der Waals surface area contributed by atoms with Crippen molar-refractivity contribution < 1.29 is 9.53 Å². The molecule has 3 saturated heterocycles. The van der Waals surface area contributed by atoms with Gasteiger partial charge in [-0.05, 0) is 31.5 Å². The second-order valence-corrected chi connectivity index (χ2v) is 9.38. The minimum atomic E-state index is -0.0726. The van der Waals surface area contributed by atoms with Crippen LogP contribution < -0.4 is 4.90 Å². The maximum absolute atomic E-state index is 12.6. The number of piperazine rings is 1. The van der Waals surface area contributed by atoms with Crippen molar-refractivity contribution in [2.75, 3.05) is 44.2 Å². The van der Waals surface area contributed by atoms with Crippen LogP contribution in [0.1, 0.15) is 38.2 Å². The molecular weight excluding hydrogens is 400 g/mol. The van der Waals surface area contributed by atoms with E-state index >= 15 is 0 Å². The number of carbonyl (C=O) groups excluding carboxylic acids is 1. The molecule has 6 nitrogen and oxygen atoms in total. The Labute approximate surface area is 190 Å². The van der Waals surface area contributed by atoms with E-state index in [1.165, 1.54) is 5.69 Å². The molecule has 5 rings (SSSR count). The third-order valence-corrected chi connectivity index (χ3v) is 7.55. The molecule has 2 unspecified atom stereocenters. The van der Waals surface area contributed by atoms with Crippen molar-refractivity contribution in [1.82, 2.24) is 9.80 Å². The molecule has 2 aromatic rings. The first kappa shape index (κ1) is 21.2.